The third kappa shape index (κ3) is 4.53. The Morgan fingerprint density at radius 2 is 1.84 bits per heavy atom. The van der Waals surface area contributed by atoms with Crippen LogP contribution in [0.5, 0.6) is 0 Å². The van der Waals surface area contributed by atoms with Crippen LogP contribution in [0, 0.1) is 11.6 Å². The summed E-state index contributed by atoms with van der Waals surface area (Å²) in [5.41, 5.74) is -0.336. The second kappa shape index (κ2) is 7.46. The Bertz CT molecular complexity index is 845. The summed E-state index contributed by atoms with van der Waals surface area (Å²) in [6, 6.07) is 3.78. The van der Waals surface area contributed by atoms with Gasteiger partial charge in [0.2, 0.25) is 5.91 Å². The zero-order valence-electron chi connectivity index (χ0n) is 13.7. The van der Waals surface area contributed by atoms with Crippen LogP contribution in [0.1, 0.15) is 6.92 Å². The third-order valence-corrected chi connectivity index (χ3v) is 6.15. The summed E-state index contributed by atoms with van der Waals surface area (Å²) in [5.74, 6) is -2.42. The molecule has 2 rings (SSSR count). The molecule has 25 heavy (non-hydrogen) atoms. The molecule has 2 N–H and O–H groups in total. The molecule has 1 aromatic carbocycles. The molecule has 136 valence electrons. The van der Waals surface area contributed by atoms with Crippen LogP contribution in [-0.2, 0) is 14.8 Å². The molecular weight excluding hydrogens is 372 g/mol. The van der Waals surface area contributed by atoms with E-state index in [9.17, 15) is 22.0 Å². The summed E-state index contributed by atoms with van der Waals surface area (Å²) in [7, 11) is -0.860. The minimum Gasteiger partial charge on any atom is -0.373 e. The van der Waals surface area contributed by atoms with Gasteiger partial charge in [-0.2, -0.15) is 4.72 Å². The van der Waals surface area contributed by atoms with Crippen molar-refractivity contribution in [3.8, 4) is 0 Å². The number of nitrogens with zero attached hydrogens (tertiary/aromatic N) is 1. The predicted octanol–water partition coefficient (Wildman–Crippen LogP) is 2.40. The lowest BCUT2D eigenvalue weighted by Crippen LogP contribution is -2.41. The molecule has 1 aromatic heterocycles. The van der Waals surface area contributed by atoms with Crippen LogP contribution < -0.4 is 14.9 Å². The highest BCUT2D eigenvalue weighted by molar-refractivity contribution is 7.91. The molecule has 1 amide bonds. The first-order valence-corrected chi connectivity index (χ1v) is 9.51. The van der Waals surface area contributed by atoms with Gasteiger partial charge in [0, 0.05) is 19.8 Å². The van der Waals surface area contributed by atoms with Gasteiger partial charge in [-0.3, -0.25) is 4.79 Å². The van der Waals surface area contributed by atoms with Crippen LogP contribution >= 0.6 is 11.3 Å². The molecular formula is C15H17F2N3O3S2. The van der Waals surface area contributed by atoms with E-state index in [2.05, 4.69) is 10.0 Å². The van der Waals surface area contributed by atoms with Crippen molar-refractivity contribution in [1.82, 2.24) is 4.72 Å². The van der Waals surface area contributed by atoms with Crippen molar-refractivity contribution in [1.29, 1.82) is 0 Å². The second-order valence-electron chi connectivity index (χ2n) is 5.45. The van der Waals surface area contributed by atoms with Crippen LogP contribution in [0.4, 0.5) is 20.2 Å². The molecule has 0 saturated heterocycles. The number of thiophene rings is 1. The number of carbonyl (C=O) groups excluding carboxylic acids is 1. The monoisotopic (exact) mass is 389 g/mol. The number of nitrogens with one attached hydrogen (secondary N) is 2. The van der Waals surface area contributed by atoms with Crippen molar-refractivity contribution in [3.05, 3.63) is 41.3 Å². The molecule has 0 saturated carbocycles. The number of sulfonamides is 1. The van der Waals surface area contributed by atoms with E-state index in [1.807, 2.05) is 0 Å². The van der Waals surface area contributed by atoms with Crippen LogP contribution in [0.3, 0.4) is 0 Å². The van der Waals surface area contributed by atoms with Gasteiger partial charge >= 0.3 is 0 Å². The van der Waals surface area contributed by atoms with E-state index >= 15 is 0 Å². The largest absolute Gasteiger partial charge is 0.373 e. The second-order valence-corrected chi connectivity index (χ2v) is 8.34. The molecule has 0 bridgehead atoms. The number of carbonyl (C=O) groups is 1. The number of hydrogen-bond acceptors (Lipinski definition) is 5. The lowest BCUT2D eigenvalue weighted by atomic mass is 10.2. The molecule has 0 aliphatic rings. The highest BCUT2D eigenvalue weighted by Gasteiger charge is 2.23. The zero-order valence-corrected chi connectivity index (χ0v) is 15.3. The Hall–Kier alpha value is -2.04. The molecule has 1 unspecified atom stereocenters. The molecule has 0 aliphatic carbocycles. The standard InChI is InChI=1S/C15H17F2N3O3S2/c1-9(19-25(22,23)13-5-4-6-24-13)15(21)18-10-7-11(16)14(20(2)3)12(17)8-10/h4-9,19H,1-3H3,(H,18,21). The summed E-state index contributed by atoms with van der Waals surface area (Å²) in [6.07, 6.45) is 0. The van der Waals surface area contributed by atoms with Gasteiger partial charge in [0.1, 0.15) is 9.90 Å². The molecule has 2 aromatic rings. The van der Waals surface area contributed by atoms with Gasteiger partial charge in [-0.25, -0.2) is 17.2 Å². The van der Waals surface area contributed by atoms with Crippen LogP contribution in [-0.4, -0.2) is 34.5 Å². The van der Waals surface area contributed by atoms with Gasteiger partial charge in [-0.1, -0.05) is 6.07 Å². The fourth-order valence-corrected chi connectivity index (χ4v) is 4.29. The van der Waals surface area contributed by atoms with E-state index in [1.54, 1.807) is 11.4 Å². The van der Waals surface area contributed by atoms with Crippen molar-refractivity contribution in [2.45, 2.75) is 17.2 Å². The number of amides is 1. The summed E-state index contributed by atoms with van der Waals surface area (Å²) in [5, 5.41) is 3.89. The molecule has 1 atom stereocenters. The molecule has 0 spiro atoms. The minimum absolute atomic E-state index is 0.0691. The maximum absolute atomic E-state index is 13.9. The fraction of sp³-hybridized carbons (Fsp3) is 0.267. The van der Waals surface area contributed by atoms with E-state index in [0.29, 0.717) is 0 Å². The Labute approximate surface area is 148 Å². The van der Waals surface area contributed by atoms with Gasteiger partial charge in [0.25, 0.3) is 10.0 Å². The van der Waals surface area contributed by atoms with E-state index in [1.165, 1.54) is 32.0 Å². The van der Waals surface area contributed by atoms with E-state index in [4.69, 9.17) is 0 Å². The highest BCUT2D eigenvalue weighted by Crippen LogP contribution is 2.25. The number of anilines is 2. The summed E-state index contributed by atoms with van der Waals surface area (Å²) in [6.45, 7) is 1.33. The van der Waals surface area contributed by atoms with Crippen LogP contribution in [0.25, 0.3) is 0 Å². The summed E-state index contributed by atoms with van der Waals surface area (Å²) in [4.78, 5) is 13.4. The van der Waals surface area contributed by atoms with Gasteiger partial charge in [0.05, 0.1) is 6.04 Å². The molecule has 1 heterocycles. The van der Waals surface area contributed by atoms with Gasteiger partial charge in [0.15, 0.2) is 11.6 Å². The highest BCUT2D eigenvalue weighted by atomic mass is 32.2. The fourth-order valence-electron chi connectivity index (χ4n) is 2.08. The van der Waals surface area contributed by atoms with E-state index < -0.39 is 33.6 Å². The van der Waals surface area contributed by atoms with Crippen molar-refractivity contribution < 1.29 is 22.0 Å². The third-order valence-electron chi connectivity index (χ3n) is 3.22. The van der Waals surface area contributed by atoms with Crippen molar-refractivity contribution in [2.75, 3.05) is 24.3 Å². The first-order chi connectivity index (χ1) is 11.6. The van der Waals surface area contributed by atoms with Crippen molar-refractivity contribution in [2.24, 2.45) is 0 Å². The summed E-state index contributed by atoms with van der Waals surface area (Å²) >= 11 is 1.01. The normalized spacial score (nSPS) is 12.7. The van der Waals surface area contributed by atoms with Gasteiger partial charge in [-0.15, -0.1) is 11.3 Å². The van der Waals surface area contributed by atoms with Crippen LogP contribution in [0.2, 0.25) is 0 Å². The Morgan fingerprint density at radius 1 is 1.24 bits per heavy atom. The topological polar surface area (TPSA) is 78.5 Å². The van der Waals surface area contributed by atoms with Crippen molar-refractivity contribution in [3.63, 3.8) is 0 Å². The van der Waals surface area contributed by atoms with E-state index in [-0.39, 0.29) is 15.6 Å². The van der Waals surface area contributed by atoms with Gasteiger partial charge in [-0.05, 0) is 30.5 Å². The van der Waals surface area contributed by atoms with Gasteiger partial charge < -0.3 is 10.2 Å². The quantitative estimate of drug-likeness (QED) is 0.795. The van der Waals surface area contributed by atoms with E-state index in [0.717, 1.165) is 23.5 Å². The maximum atomic E-state index is 13.9. The summed E-state index contributed by atoms with van der Waals surface area (Å²) < 4.78 is 54.3. The molecule has 6 nitrogen and oxygen atoms in total. The number of hydrogen-bond donors (Lipinski definition) is 2. The number of rotatable bonds is 6. The zero-order chi connectivity index (χ0) is 18.8. The first-order valence-electron chi connectivity index (χ1n) is 7.15. The van der Waals surface area contributed by atoms with Crippen molar-refractivity contribution >= 4 is 38.6 Å². The Kier molecular flexibility index (Phi) is 5.76. The molecule has 10 heteroatoms. The number of halogens is 2. The predicted molar refractivity (Wildman–Crippen MR) is 93.4 cm³/mol. The lowest BCUT2D eigenvalue weighted by molar-refractivity contribution is -0.117. The number of benzene rings is 1. The Morgan fingerprint density at radius 3 is 2.32 bits per heavy atom. The average Bonchev–Trinajstić information content (AvgIpc) is 3.00. The molecule has 0 aliphatic heterocycles. The first kappa shape index (κ1) is 19.3. The SMILES string of the molecule is CC(NS(=O)(=O)c1cccs1)C(=O)Nc1cc(F)c(N(C)C)c(F)c1. The Balaban J connectivity index is 2.12. The molecule has 0 radical (unpaired) electrons. The average molecular weight is 389 g/mol. The smallest absolute Gasteiger partial charge is 0.250 e. The van der Waals surface area contributed by atoms with Crippen LogP contribution in [0.15, 0.2) is 33.9 Å². The molecule has 0 fully saturated rings. The maximum Gasteiger partial charge on any atom is 0.250 e. The minimum atomic E-state index is -3.83. The lowest BCUT2D eigenvalue weighted by Gasteiger charge is -2.17.